The number of hydrogen-bond donors (Lipinski definition) is 1. The molecule has 0 radical (unpaired) electrons. The van der Waals surface area contributed by atoms with Crippen LogP contribution in [0.25, 0.3) is 0 Å². The monoisotopic (exact) mass is 444 g/mol. The third-order valence-electron chi connectivity index (χ3n) is 7.71. The molecule has 0 saturated heterocycles. The average Bonchev–Trinajstić information content (AvgIpc) is 2.63. The van der Waals surface area contributed by atoms with Gasteiger partial charge in [0.25, 0.3) is 0 Å². The Bertz CT molecular complexity index is 495. The van der Waals surface area contributed by atoms with Gasteiger partial charge in [0.15, 0.2) is 0 Å². The Hall–Kier alpha value is -0.160. The zero-order valence-electron chi connectivity index (χ0n) is 23.2. The molecule has 0 saturated carbocycles. The fourth-order valence-electron chi connectivity index (χ4n) is 4.10. The molecular formula is C27H56O4. The van der Waals surface area contributed by atoms with E-state index in [1.807, 2.05) is 13.8 Å². The molecule has 4 unspecified atom stereocenters. The van der Waals surface area contributed by atoms with Gasteiger partial charge in [0.2, 0.25) is 0 Å². The molecule has 0 aromatic rings. The predicted molar refractivity (Wildman–Crippen MR) is 133 cm³/mol. The van der Waals surface area contributed by atoms with Gasteiger partial charge in [-0.2, -0.15) is 0 Å². The smallest absolute Gasteiger partial charge is 0.0881 e. The Morgan fingerprint density at radius 3 is 1.71 bits per heavy atom. The predicted octanol–water partition coefficient (Wildman–Crippen LogP) is 7.02. The molecule has 0 bridgehead atoms. The van der Waals surface area contributed by atoms with Crippen LogP contribution in [0.15, 0.2) is 0 Å². The first-order chi connectivity index (χ1) is 13.9. The minimum Gasteiger partial charge on any atom is -0.390 e. The van der Waals surface area contributed by atoms with E-state index in [0.29, 0.717) is 18.4 Å². The summed E-state index contributed by atoms with van der Waals surface area (Å²) in [6.45, 7) is 29.4. The summed E-state index contributed by atoms with van der Waals surface area (Å²) in [7, 11) is 0. The second kappa shape index (κ2) is 12.3. The van der Waals surface area contributed by atoms with E-state index in [9.17, 15) is 5.11 Å². The summed E-state index contributed by atoms with van der Waals surface area (Å²) in [5, 5.41) is 9.89. The standard InChI is InChI=1S/C27H56O4/c1-14-23(31-24(7,8)17-19-30-26(11,12)22(6)28)27(13,15-2)21(5)25(9,10)29-18-16-20(3)4/h20-23,28H,14-19H2,1-13H3. The van der Waals surface area contributed by atoms with Gasteiger partial charge in [-0.15, -0.1) is 0 Å². The zero-order chi connectivity index (χ0) is 24.7. The van der Waals surface area contributed by atoms with Crippen LogP contribution >= 0.6 is 0 Å². The van der Waals surface area contributed by atoms with E-state index in [0.717, 1.165) is 32.3 Å². The Morgan fingerprint density at radius 2 is 1.29 bits per heavy atom. The number of ether oxygens (including phenoxy) is 3. The van der Waals surface area contributed by atoms with E-state index in [2.05, 4.69) is 69.2 Å². The maximum atomic E-state index is 9.89. The molecule has 4 atom stereocenters. The van der Waals surface area contributed by atoms with Gasteiger partial charge in [-0.05, 0) is 91.4 Å². The summed E-state index contributed by atoms with van der Waals surface area (Å²) in [4.78, 5) is 0. The van der Waals surface area contributed by atoms with E-state index in [1.165, 1.54) is 0 Å². The number of aliphatic hydroxyl groups is 1. The van der Waals surface area contributed by atoms with E-state index >= 15 is 0 Å². The molecule has 0 spiro atoms. The van der Waals surface area contributed by atoms with E-state index < -0.39 is 11.7 Å². The highest BCUT2D eigenvalue weighted by Crippen LogP contribution is 2.46. The van der Waals surface area contributed by atoms with Crippen LogP contribution in [0.5, 0.6) is 0 Å². The second-order valence-corrected chi connectivity index (χ2v) is 11.9. The lowest BCUT2D eigenvalue weighted by atomic mass is 9.65. The molecule has 0 aliphatic carbocycles. The van der Waals surface area contributed by atoms with Gasteiger partial charge in [0.05, 0.1) is 35.6 Å². The molecule has 0 rings (SSSR count). The summed E-state index contributed by atoms with van der Waals surface area (Å²) in [5.41, 5.74) is -1.09. The maximum absolute atomic E-state index is 9.89. The van der Waals surface area contributed by atoms with Crippen molar-refractivity contribution < 1.29 is 19.3 Å². The molecule has 31 heavy (non-hydrogen) atoms. The Labute approximate surface area is 194 Å². The first kappa shape index (κ1) is 30.8. The lowest BCUT2D eigenvalue weighted by Gasteiger charge is -2.50. The van der Waals surface area contributed by atoms with Gasteiger partial charge in [0, 0.05) is 6.61 Å². The van der Waals surface area contributed by atoms with Crippen molar-refractivity contribution in [2.24, 2.45) is 17.3 Å². The number of hydrogen-bond acceptors (Lipinski definition) is 4. The molecular weight excluding hydrogens is 388 g/mol. The molecule has 0 heterocycles. The molecule has 0 aromatic heterocycles. The summed E-state index contributed by atoms with van der Waals surface area (Å²) in [6, 6.07) is 0. The van der Waals surface area contributed by atoms with E-state index in [4.69, 9.17) is 14.2 Å². The third kappa shape index (κ3) is 9.70. The van der Waals surface area contributed by atoms with Crippen LogP contribution in [0, 0.1) is 17.3 Å². The van der Waals surface area contributed by atoms with Crippen LogP contribution in [0.2, 0.25) is 0 Å². The van der Waals surface area contributed by atoms with Crippen LogP contribution in [0.4, 0.5) is 0 Å². The van der Waals surface area contributed by atoms with Crippen molar-refractivity contribution in [3.63, 3.8) is 0 Å². The summed E-state index contributed by atoms with van der Waals surface area (Å²) < 4.78 is 19.1. The Morgan fingerprint density at radius 1 is 0.774 bits per heavy atom. The molecule has 0 aliphatic heterocycles. The highest BCUT2D eigenvalue weighted by atomic mass is 16.5. The average molecular weight is 445 g/mol. The van der Waals surface area contributed by atoms with Gasteiger partial charge in [-0.25, -0.2) is 0 Å². The summed E-state index contributed by atoms with van der Waals surface area (Å²) in [6.07, 6.45) is 3.47. The SMILES string of the molecule is CCC(OC(C)(C)CCOC(C)(C)C(C)O)C(C)(CC)C(C)C(C)(C)OCCC(C)C. The Balaban J connectivity index is 5.27. The topological polar surface area (TPSA) is 47.9 Å². The fourth-order valence-corrected chi connectivity index (χ4v) is 4.10. The molecule has 0 aliphatic rings. The minimum atomic E-state index is -0.552. The fraction of sp³-hybridized carbons (Fsp3) is 1.00. The first-order valence-corrected chi connectivity index (χ1v) is 12.6. The number of rotatable bonds is 16. The zero-order valence-corrected chi connectivity index (χ0v) is 23.2. The van der Waals surface area contributed by atoms with Gasteiger partial charge >= 0.3 is 0 Å². The van der Waals surface area contributed by atoms with Crippen LogP contribution in [-0.4, -0.2) is 47.3 Å². The lowest BCUT2D eigenvalue weighted by molar-refractivity contribution is -0.184. The number of aliphatic hydroxyl groups excluding tert-OH is 1. The van der Waals surface area contributed by atoms with Gasteiger partial charge in [-0.1, -0.05) is 41.5 Å². The van der Waals surface area contributed by atoms with Crippen molar-refractivity contribution in [2.75, 3.05) is 13.2 Å². The van der Waals surface area contributed by atoms with Gasteiger partial charge in [0.1, 0.15) is 0 Å². The molecule has 4 heteroatoms. The maximum Gasteiger partial charge on any atom is 0.0881 e. The molecule has 188 valence electrons. The van der Waals surface area contributed by atoms with Crippen LogP contribution in [-0.2, 0) is 14.2 Å². The quantitative estimate of drug-likeness (QED) is 0.278. The van der Waals surface area contributed by atoms with E-state index in [-0.39, 0.29) is 22.7 Å². The molecule has 4 nitrogen and oxygen atoms in total. The highest BCUT2D eigenvalue weighted by molar-refractivity contribution is 4.95. The highest BCUT2D eigenvalue weighted by Gasteiger charge is 2.46. The van der Waals surface area contributed by atoms with E-state index in [1.54, 1.807) is 6.92 Å². The van der Waals surface area contributed by atoms with Crippen molar-refractivity contribution in [1.82, 2.24) is 0 Å². The van der Waals surface area contributed by atoms with Crippen molar-refractivity contribution in [3.05, 3.63) is 0 Å². The first-order valence-electron chi connectivity index (χ1n) is 12.6. The second-order valence-electron chi connectivity index (χ2n) is 11.9. The third-order valence-corrected chi connectivity index (χ3v) is 7.71. The Kier molecular flexibility index (Phi) is 12.3. The van der Waals surface area contributed by atoms with Gasteiger partial charge in [-0.3, -0.25) is 0 Å². The van der Waals surface area contributed by atoms with Gasteiger partial charge < -0.3 is 19.3 Å². The van der Waals surface area contributed by atoms with Crippen LogP contribution in [0.3, 0.4) is 0 Å². The molecule has 0 amide bonds. The van der Waals surface area contributed by atoms with Crippen molar-refractivity contribution >= 4 is 0 Å². The van der Waals surface area contributed by atoms with Crippen molar-refractivity contribution in [3.8, 4) is 0 Å². The normalized spacial score (nSPS) is 18.7. The molecule has 1 N–H and O–H groups in total. The van der Waals surface area contributed by atoms with Crippen LogP contribution in [0.1, 0.15) is 116 Å². The van der Waals surface area contributed by atoms with Crippen molar-refractivity contribution in [2.45, 2.75) is 145 Å². The summed E-state index contributed by atoms with van der Waals surface area (Å²) >= 11 is 0. The lowest BCUT2D eigenvalue weighted by Crippen LogP contribution is -2.51. The largest absolute Gasteiger partial charge is 0.390 e. The van der Waals surface area contributed by atoms with Crippen molar-refractivity contribution in [1.29, 1.82) is 0 Å². The van der Waals surface area contributed by atoms with Crippen LogP contribution < -0.4 is 0 Å². The molecule has 0 fully saturated rings. The summed E-state index contributed by atoms with van der Waals surface area (Å²) in [5.74, 6) is 0.987. The molecule has 0 aromatic carbocycles. The minimum absolute atomic E-state index is 0.00685.